The maximum Gasteiger partial charge on any atom is 0.223 e. The Morgan fingerprint density at radius 2 is 1.80 bits per heavy atom. The van der Waals surface area contributed by atoms with Gasteiger partial charge in [-0.05, 0) is 56.2 Å². The van der Waals surface area contributed by atoms with Crippen LogP contribution < -0.4 is 5.32 Å². The average Bonchev–Trinajstić information content (AvgIpc) is 3.13. The maximum absolute atomic E-state index is 12.9. The highest BCUT2D eigenvalue weighted by atomic mass is 35.5. The molecule has 1 aliphatic rings. The zero-order valence-corrected chi connectivity index (χ0v) is 17.9. The Morgan fingerprint density at radius 3 is 2.53 bits per heavy atom. The molecule has 1 unspecified atom stereocenters. The fourth-order valence-corrected chi connectivity index (χ4v) is 4.35. The molecule has 2 aromatic carbocycles. The number of Topliss-reactive ketones (excluding diaryl/α,β-unsaturated/α-hetero) is 1. The lowest BCUT2D eigenvalue weighted by Gasteiger charge is -2.23. The van der Waals surface area contributed by atoms with Gasteiger partial charge in [0.2, 0.25) is 5.91 Å². The third-order valence-corrected chi connectivity index (χ3v) is 6.13. The predicted molar refractivity (Wildman–Crippen MR) is 119 cm³/mol. The zero-order chi connectivity index (χ0) is 21.1. The highest BCUT2D eigenvalue weighted by Crippen LogP contribution is 2.26. The number of aromatic nitrogens is 2. The number of benzene rings is 2. The molecule has 1 aromatic heterocycles. The van der Waals surface area contributed by atoms with E-state index in [4.69, 9.17) is 16.6 Å². The number of hydrogen-bond donors (Lipinski definition) is 1. The average molecular weight is 424 g/mol. The molecule has 30 heavy (non-hydrogen) atoms. The zero-order valence-electron chi connectivity index (χ0n) is 17.1. The minimum absolute atomic E-state index is 0.0260. The van der Waals surface area contributed by atoms with Crippen LogP contribution in [0.3, 0.4) is 0 Å². The molecule has 6 heteroatoms. The van der Waals surface area contributed by atoms with Crippen molar-refractivity contribution in [1.29, 1.82) is 0 Å². The first kappa shape index (κ1) is 20.6. The monoisotopic (exact) mass is 423 g/mol. The summed E-state index contributed by atoms with van der Waals surface area (Å²) in [7, 11) is 0. The van der Waals surface area contributed by atoms with Crippen molar-refractivity contribution in [1.82, 2.24) is 14.9 Å². The normalized spacial score (nSPS) is 15.8. The van der Waals surface area contributed by atoms with E-state index in [1.807, 2.05) is 35.8 Å². The fraction of sp³-hybridized carbons (Fsp3) is 0.375. The molecular weight excluding hydrogens is 398 g/mol. The number of halogens is 1. The summed E-state index contributed by atoms with van der Waals surface area (Å²) >= 11 is 5.95. The van der Waals surface area contributed by atoms with Gasteiger partial charge in [0.05, 0.1) is 23.6 Å². The van der Waals surface area contributed by atoms with Gasteiger partial charge in [-0.1, -0.05) is 43.0 Å². The first-order valence-corrected chi connectivity index (χ1v) is 10.9. The summed E-state index contributed by atoms with van der Waals surface area (Å²) in [5.74, 6) is 0.837. The topological polar surface area (TPSA) is 64.0 Å². The number of fused-ring (bicyclic) bond motifs is 1. The highest BCUT2D eigenvalue weighted by molar-refractivity contribution is 6.30. The van der Waals surface area contributed by atoms with Crippen LogP contribution in [0.5, 0.6) is 0 Å². The van der Waals surface area contributed by atoms with Gasteiger partial charge in [-0.15, -0.1) is 0 Å². The van der Waals surface area contributed by atoms with E-state index < -0.39 is 0 Å². The van der Waals surface area contributed by atoms with Crippen molar-refractivity contribution in [3.8, 4) is 0 Å². The van der Waals surface area contributed by atoms with Crippen LogP contribution in [-0.4, -0.2) is 21.2 Å². The molecule has 1 fully saturated rings. The molecule has 1 aliphatic carbocycles. The summed E-state index contributed by atoms with van der Waals surface area (Å²) in [6, 6.07) is 14.4. The molecule has 0 aliphatic heterocycles. The van der Waals surface area contributed by atoms with E-state index in [0.717, 1.165) is 36.7 Å². The third kappa shape index (κ3) is 4.41. The van der Waals surface area contributed by atoms with Gasteiger partial charge in [0, 0.05) is 16.5 Å². The van der Waals surface area contributed by atoms with Gasteiger partial charge in [0.15, 0.2) is 5.78 Å². The van der Waals surface area contributed by atoms with Crippen molar-refractivity contribution < 1.29 is 9.59 Å². The van der Waals surface area contributed by atoms with E-state index in [1.165, 1.54) is 6.42 Å². The molecule has 4 rings (SSSR count). The van der Waals surface area contributed by atoms with E-state index >= 15 is 0 Å². The number of para-hydroxylation sites is 2. The van der Waals surface area contributed by atoms with Crippen LogP contribution in [0.15, 0.2) is 48.5 Å². The van der Waals surface area contributed by atoms with Gasteiger partial charge < -0.3 is 9.88 Å². The maximum atomic E-state index is 12.9. The van der Waals surface area contributed by atoms with Gasteiger partial charge in [0.1, 0.15) is 5.82 Å². The molecule has 0 saturated heterocycles. The molecule has 5 nitrogen and oxygen atoms in total. The molecule has 0 spiro atoms. The summed E-state index contributed by atoms with van der Waals surface area (Å²) in [6.45, 7) is 2.09. The Kier molecular flexibility index (Phi) is 6.18. The Morgan fingerprint density at radius 1 is 1.10 bits per heavy atom. The van der Waals surface area contributed by atoms with E-state index in [1.54, 1.807) is 24.3 Å². The number of hydrogen-bond acceptors (Lipinski definition) is 3. The quantitative estimate of drug-likeness (QED) is 0.545. The lowest BCUT2D eigenvalue weighted by atomic mass is 9.88. The van der Waals surface area contributed by atoms with Crippen molar-refractivity contribution in [3.05, 3.63) is 64.9 Å². The van der Waals surface area contributed by atoms with Crippen LogP contribution in [0.4, 0.5) is 0 Å². The molecule has 1 heterocycles. The van der Waals surface area contributed by atoms with Crippen molar-refractivity contribution >= 4 is 34.3 Å². The van der Waals surface area contributed by atoms with Crippen LogP contribution in [0.25, 0.3) is 11.0 Å². The van der Waals surface area contributed by atoms with E-state index in [9.17, 15) is 9.59 Å². The lowest BCUT2D eigenvalue weighted by molar-refractivity contribution is -0.126. The van der Waals surface area contributed by atoms with Gasteiger partial charge in [-0.3, -0.25) is 9.59 Å². The molecular formula is C24H26ClN3O2. The Hall–Kier alpha value is -2.66. The van der Waals surface area contributed by atoms with Crippen LogP contribution in [0.1, 0.15) is 61.3 Å². The third-order valence-electron chi connectivity index (χ3n) is 5.87. The number of carbonyl (C=O) groups excluding carboxylic acids is 2. The SMILES string of the molecule is CC(NC(=O)C1CCCCC1)c1nc2ccccc2n1CC(=O)c1ccc(Cl)cc1. The number of nitrogens with zero attached hydrogens (tertiary/aromatic N) is 2. The molecule has 1 saturated carbocycles. The van der Waals surface area contributed by atoms with E-state index in [-0.39, 0.29) is 30.2 Å². The first-order valence-electron chi connectivity index (χ1n) is 10.6. The van der Waals surface area contributed by atoms with Gasteiger partial charge in [-0.2, -0.15) is 0 Å². The molecule has 1 atom stereocenters. The molecule has 0 bridgehead atoms. The number of carbonyl (C=O) groups is 2. The molecule has 1 amide bonds. The lowest BCUT2D eigenvalue weighted by Crippen LogP contribution is -2.35. The second-order valence-electron chi connectivity index (χ2n) is 8.04. The van der Waals surface area contributed by atoms with Gasteiger partial charge in [-0.25, -0.2) is 4.98 Å². The largest absolute Gasteiger partial charge is 0.346 e. The molecule has 156 valence electrons. The Bertz CT molecular complexity index is 1050. The van der Waals surface area contributed by atoms with E-state index in [0.29, 0.717) is 16.4 Å². The number of ketones is 1. The van der Waals surface area contributed by atoms with Crippen molar-refractivity contribution in [3.63, 3.8) is 0 Å². The van der Waals surface area contributed by atoms with Crippen molar-refractivity contribution in [2.24, 2.45) is 5.92 Å². The van der Waals surface area contributed by atoms with Crippen molar-refractivity contribution in [2.45, 2.75) is 51.6 Å². The van der Waals surface area contributed by atoms with Crippen LogP contribution >= 0.6 is 11.6 Å². The number of imidazole rings is 1. The first-order chi connectivity index (χ1) is 14.5. The summed E-state index contributed by atoms with van der Waals surface area (Å²) in [6.07, 6.45) is 5.33. The number of amides is 1. The minimum atomic E-state index is -0.287. The Labute approximate surface area is 181 Å². The van der Waals surface area contributed by atoms with Gasteiger partial charge in [0.25, 0.3) is 0 Å². The summed E-state index contributed by atoms with van der Waals surface area (Å²) < 4.78 is 1.91. The molecule has 3 aromatic rings. The second kappa shape index (κ2) is 9.00. The standard InChI is InChI=1S/C24H26ClN3O2/c1-16(26-24(30)18-7-3-2-4-8-18)23-27-20-9-5-6-10-21(20)28(23)15-22(29)17-11-13-19(25)14-12-17/h5-6,9-14,16,18H,2-4,7-8,15H2,1H3,(H,26,30). The number of rotatable bonds is 6. The highest BCUT2D eigenvalue weighted by Gasteiger charge is 2.25. The summed E-state index contributed by atoms with van der Waals surface area (Å²) in [5, 5.41) is 3.73. The van der Waals surface area contributed by atoms with Crippen LogP contribution in [-0.2, 0) is 11.3 Å². The van der Waals surface area contributed by atoms with Crippen LogP contribution in [0.2, 0.25) is 5.02 Å². The summed E-state index contributed by atoms with van der Waals surface area (Å²) in [5.41, 5.74) is 2.30. The number of nitrogens with one attached hydrogen (secondary N) is 1. The second-order valence-corrected chi connectivity index (χ2v) is 8.48. The Balaban J connectivity index is 1.60. The van der Waals surface area contributed by atoms with E-state index in [2.05, 4.69) is 5.32 Å². The van der Waals surface area contributed by atoms with Crippen molar-refractivity contribution in [2.75, 3.05) is 0 Å². The smallest absolute Gasteiger partial charge is 0.223 e. The molecule has 1 N–H and O–H groups in total. The minimum Gasteiger partial charge on any atom is -0.346 e. The fourth-order valence-electron chi connectivity index (χ4n) is 4.22. The van der Waals surface area contributed by atoms with Crippen LogP contribution in [0, 0.1) is 5.92 Å². The molecule has 0 radical (unpaired) electrons. The summed E-state index contributed by atoms with van der Waals surface area (Å²) in [4.78, 5) is 30.4. The predicted octanol–water partition coefficient (Wildman–Crippen LogP) is 5.33. The van der Waals surface area contributed by atoms with Gasteiger partial charge >= 0.3 is 0 Å².